The Kier molecular flexibility index (Phi) is 5.48. The number of aromatic nitrogens is 4. The van der Waals surface area contributed by atoms with Gasteiger partial charge in [0.15, 0.2) is 0 Å². The minimum Gasteiger partial charge on any atom is -0.395 e. The topological polar surface area (TPSA) is 121 Å². The molecule has 3 N–H and O–H groups in total. The quantitative estimate of drug-likeness (QED) is 0.529. The van der Waals surface area contributed by atoms with Gasteiger partial charge in [0.1, 0.15) is 11.9 Å². The monoisotopic (exact) mass is 445 g/mol. The normalized spacial score (nSPS) is 21.5. The summed E-state index contributed by atoms with van der Waals surface area (Å²) in [5, 5.41) is 30.8. The van der Waals surface area contributed by atoms with E-state index in [9.17, 15) is 10.4 Å². The van der Waals surface area contributed by atoms with E-state index in [-0.39, 0.29) is 12.7 Å². The predicted octanol–water partition coefficient (Wildman–Crippen LogP) is 3.12. The number of hydrogen-bond donors (Lipinski definition) is 3. The highest BCUT2D eigenvalue weighted by molar-refractivity contribution is 5.76. The number of benzene rings is 1. The SMILES string of the molecule is Cc1cc(Nc2nccc(-c3cc(C#N)c4c(c3)[C@@](C)(CO)CN4)n2)n(CC2CCCO2)n1. The molecule has 4 heterocycles. The number of ether oxygens (including phenoxy) is 1. The number of rotatable bonds is 6. The van der Waals surface area contributed by atoms with Crippen molar-refractivity contribution in [3.63, 3.8) is 0 Å². The molecule has 3 aromatic rings. The molecule has 0 radical (unpaired) electrons. The van der Waals surface area contributed by atoms with Gasteiger partial charge in [-0.15, -0.1) is 0 Å². The molecule has 2 aliphatic heterocycles. The van der Waals surface area contributed by atoms with E-state index in [0.29, 0.717) is 30.3 Å². The lowest BCUT2D eigenvalue weighted by Gasteiger charge is -2.21. The minimum atomic E-state index is -0.447. The summed E-state index contributed by atoms with van der Waals surface area (Å²) in [7, 11) is 0. The number of nitrogens with one attached hydrogen (secondary N) is 2. The summed E-state index contributed by atoms with van der Waals surface area (Å²) in [6, 6.07) is 9.89. The zero-order chi connectivity index (χ0) is 23.0. The van der Waals surface area contributed by atoms with Crippen LogP contribution in [0.4, 0.5) is 17.5 Å². The van der Waals surface area contributed by atoms with Crippen molar-refractivity contribution in [2.24, 2.45) is 0 Å². The number of aryl methyl sites for hydroxylation is 1. The zero-order valence-electron chi connectivity index (χ0n) is 18.8. The lowest BCUT2D eigenvalue weighted by Crippen LogP contribution is -2.28. The predicted molar refractivity (Wildman–Crippen MR) is 124 cm³/mol. The van der Waals surface area contributed by atoms with Crippen LogP contribution in [0.3, 0.4) is 0 Å². The molecule has 9 heteroatoms. The Bertz CT molecular complexity index is 1230. The van der Waals surface area contributed by atoms with Crippen LogP contribution < -0.4 is 10.6 Å². The van der Waals surface area contributed by atoms with E-state index in [0.717, 1.165) is 47.8 Å². The third-order valence-electron chi connectivity index (χ3n) is 6.41. The number of nitrogens with zero attached hydrogens (tertiary/aromatic N) is 5. The van der Waals surface area contributed by atoms with Crippen LogP contribution in [-0.4, -0.2) is 50.7 Å². The van der Waals surface area contributed by atoms with Gasteiger partial charge in [0.2, 0.25) is 5.95 Å². The van der Waals surface area contributed by atoms with E-state index < -0.39 is 5.41 Å². The van der Waals surface area contributed by atoms with Crippen LogP contribution in [0.1, 0.15) is 36.6 Å². The zero-order valence-corrected chi connectivity index (χ0v) is 18.8. The summed E-state index contributed by atoms with van der Waals surface area (Å²) in [5.41, 5.74) is 4.22. The van der Waals surface area contributed by atoms with Gasteiger partial charge in [0.05, 0.1) is 41.9 Å². The molecule has 1 fully saturated rings. The van der Waals surface area contributed by atoms with Crippen LogP contribution in [0.15, 0.2) is 30.5 Å². The van der Waals surface area contributed by atoms with E-state index in [1.165, 1.54) is 0 Å². The molecule has 33 heavy (non-hydrogen) atoms. The molecule has 1 aromatic carbocycles. The summed E-state index contributed by atoms with van der Waals surface area (Å²) >= 11 is 0. The van der Waals surface area contributed by atoms with Gasteiger partial charge < -0.3 is 20.5 Å². The van der Waals surface area contributed by atoms with Gasteiger partial charge in [0.25, 0.3) is 0 Å². The van der Waals surface area contributed by atoms with Crippen LogP contribution in [0.2, 0.25) is 0 Å². The Morgan fingerprint density at radius 3 is 3.03 bits per heavy atom. The average molecular weight is 446 g/mol. The maximum absolute atomic E-state index is 9.96. The first-order valence-electron chi connectivity index (χ1n) is 11.2. The largest absolute Gasteiger partial charge is 0.395 e. The second kappa shape index (κ2) is 8.46. The fourth-order valence-corrected chi connectivity index (χ4v) is 4.53. The van der Waals surface area contributed by atoms with Crippen molar-refractivity contribution >= 4 is 17.5 Å². The smallest absolute Gasteiger partial charge is 0.228 e. The second-order valence-electron chi connectivity index (χ2n) is 9.01. The molecule has 9 nitrogen and oxygen atoms in total. The van der Waals surface area contributed by atoms with E-state index in [1.54, 1.807) is 6.20 Å². The molecule has 1 unspecified atom stereocenters. The molecule has 0 aliphatic carbocycles. The second-order valence-corrected chi connectivity index (χ2v) is 9.01. The third-order valence-corrected chi connectivity index (χ3v) is 6.41. The summed E-state index contributed by atoms with van der Waals surface area (Å²) in [5.74, 6) is 1.26. The van der Waals surface area contributed by atoms with Crippen molar-refractivity contribution in [1.29, 1.82) is 5.26 Å². The molecule has 0 amide bonds. The van der Waals surface area contributed by atoms with Crippen LogP contribution in [0.5, 0.6) is 0 Å². The molecular formula is C24H27N7O2. The van der Waals surface area contributed by atoms with Crippen LogP contribution in [-0.2, 0) is 16.7 Å². The van der Waals surface area contributed by atoms with Gasteiger partial charge in [-0.1, -0.05) is 6.92 Å². The summed E-state index contributed by atoms with van der Waals surface area (Å²) < 4.78 is 7.67. The fraction of sp³-hybridized carbons (Fsp3) is 0.417. The highest BCUT2D eigenvalue weighted by Crippen LogP contribution is 2.41. The molecule has 0 spiro atoms. The molecule has 170 valence electrons. The Hall–Kier alpha value is -3.48. The summed E-state index contributed by atoms with van der Waals surface area (Å²) in [4.78, 5) is 9.10. The average Bonchev–Trinajstić information content (AvgIpc) is 3.54. The number of anilines is 3. The molecule has 5 rings (SSSR count). The van der Waals surface area contributed by atoms with E-state index in [4.69, 9.17) is 9.72 Å². The number of nitriles is 1. The highest BCUT2D eigenvalue weighted by Gasteiger charge is 2.36. The van der Waals surface area contributed by atoms with Crippen molar-refractivity contribution in [3.05, 3.63) is 47.3 Å². The molecule has 2 aromatic heterocycles. The van der Waals surface area contributed by atoms with Crippen molar-refractivity contribution in [3.8, 4) is 17.3 Å². The van der Waals surface area contributed by atoms with Gasteiger partial charge in [-0.2, -0.15) is 10.4 Å². The summed E-state index contributed by atoms with van der Waals surface area (Å²) in [6.07, 6.45) is 3.98. The minimum absolute atomic E-state index is 0.00799. The Morgan fingerprint density at radius 1 is 1.39 bits per heavy atom. The van der Waals surface area contributed by atoms with Crippen molar-refractivity contribution in [2.45, 2.75) is 44.8 Å². The van der Waals surface area contributed by atoms with Gasteiger partial charge >= 0.3 is 0 Å². The molecule has 2 aliphatic rings. The van der Waals surface area contributed by atoms with E-state index in [1.807, 2.05) is 42.8 Å². The third kappa shape index (κ3) is 4.03. The number of aliphatic hydroxyl groups is 1. The lowest BCUT2D eigenvalue weighted by molar-refractivity contribution is 0.0944. The Morgan fingerprint density at radius 2 is 2.27 bits per heavy atom. The Labute approximate surface area is 192 Å². The molecule has 0 saturated carbocycles. The molecule has 1 saturated heterocycles. The fourth-order valence-electron chi connectivity index (χ4n) is 4.53. The number of hydrogen-bond acceptors (Lipinski definition) is 8. The van der Waals surface area contributed by atoms with E-state index >= 15 is 0 Å². The van der Waals surface area contributed by atoms with Gasteiger partial charge in [-0.3, -0.25) is 0 Å². The van der Waals surface area contributed by atoms with E-state index in [2.05, 4.69) is 26.8 Å². The number of fused-ring (bicyclic) bond motifs is 1. The maximum Gasteiger partial charge on any atom is 0.228 e. The first-order chi connectivity index (χ1) is 16.0. The van der Waals surface area contributed by atoms with Gasteiger partial charge in [0, 0.05) is 36.4 Å². The molecule has 2 atom stereocenters. The Balaban J connectivity index is 1.46. The standard InChI is InChI=1S/C24H27N7O2/c1-15-8-21(31(30-15)12-18-4-3-7-33-18)29-23-26-6-5-20(28-23)16-9-17(11-25)22-19(10-16)24(2,14-32)13-27-22/h5-6,8-10,18,27,32H,3-4,7,12-14H2,1-2H3,(H,26,28,29)/t18?,24-/m1/s1. The van der Waals surface area contributed by atoms with Crippen LogP contribution >= 0.6 is 0 Å². The first kappa shape index (κ1) is 21.4. The first-order valence-corrected chi connectivity index (χ1v) is 11.2. The maximum atomic E-state index is 9.96. The van der Waals surface area contributed by atoms with Crippen molar-refractivity contribution in [2.75, 3.05) is 30.4 Å². The van der Waals surface area contributed by atoms with Crippen LogP contribution in [0, 0.1) is 18.3 Å². The number of aliphatic hydroxyl groups excluding tert-OH is 1. The van der Waals surface area contributed by atoms with Gasteiger partial charge in [-0.25, -0.2) is 14.6 Å². The molecule has 0 bridgehead atoms. The van der Waals surface area contributed by atoms with Crippen molar-refractivity contribution < 1.29 is 9.84 Å². The lowest BCUT2D eigenvalue weighted by atomic mass is 9.83. The van der Waals surface area contributed by atoms with Gasteiger partial charge in [-0.05, 0) is 43.5 Å². The highest BCUT2D eigenvalue weighted by atomic mass is 16.5. The van der Waals surface area contributed by atoms with Crippen molar-refractivity contribution in [1.82, 2.24) is 19.7 Å². The van der Waals surface area contributed by atoms with Crippen LogP contribution in [0.25, 0.3) is 11.3 Å². The molecular weight excluding hydrogens is 418 g/mol. The summed E-state index contributed by atoms with van der Waals surface area (Å²) in [6.45, 7) is 6.00.